The average Bonchev–Trinajstić information content (AvgIpc) is 3.32. The lowest BCUT2D eigenvalue weighted by Crippen LogP contribution is -2.01. The first-order valence-corrected chi connectivity index (χ1v) is 9.29. The van der Waals surface area contributed by atoms with Crippen LogP contribution in [-0.4, -0.2) is 41.1 Å². The number of nitrogens with zero attached hydrogens (tertiary/aromatic N) is 6. The Morgan fingerprint density at radius 1 is 0.923 bits per heavy atom. The Labute approximate surface area is 153 Å². The molecule has 2 aromatic carbocycles. The van der Waals surface area contributed by atoms with E-state index in [1.807, 2.05) is 53.9 Å². The number of hydrogen-bond donors (Lipinski definition) is 0. The van der Waals surface area contributed by atoms with Gasteiger partial charge in [0.05, 0.1) is 17.6 Å². The summed E-state index contributed by atoms with van der Waals surface area (Å²) in [6, 6.07) is 18.0. The standard InChI is InChI=1S/C18H16N6OS/c1-22-14-9-5-6-10-15(14)23-16-19-20-18(24(16)21-17(22)23)26-12-11-25-13-7-3-2-4-8-13/h2-10H,11-12H2,1H3. The summed E-state index contributed by atoms with van der Waals surface area (Å²) in [5, 5.41) is 14.1. The molecule has 0 atom stereocenters. The summed E-state index contributed by atoms with van der Waals surface area (Å²) < 4.78 is 11.6. The number of fused-ring (bicyclic) bond motifs is 5. The molecule has 3 heterocycles. The van der Waals surface area contributed by atoms with E-state index >= 15 is 0 Å². The molecule has 3 aromatic heterocycles. The normalized spacial score (nSPS) is 11.7. The minimum absolute atomic E-state index is 0.597. The zero-order valence-electron chi connectivity index (χ0n) is 14.1. The van der Waals surface area contributed by atoms with E-state index in [9.17, 15) is 0 Å². The van der Waals surface area contributed by atoms with Gasteiger partial charge in [-0.05, 0) is 24.3 Å². The number of imidazole rings is 1. The Hall–Kier alpha value is -3.00. The number of rotatable bonds is 5. The average molecular weight is 364 g/mol. The predicted octanol–water partition coefficient (Wildman–Crippen LogP) is 3.04. The SMILES string of the molecule is Cn1c2ccccc2n2c1nn1c(SCCOc3ccccc3)nnc12. The third-order valence-electron chi connectivity index (χ3n) is 4.30. The molecule has 0 radical (unpaired) electrons. The minimum atomic E-state index is 0.597. The van der Waals surface area contributed by atoms with Gasteiger partial charge in [0.1, 0.15) is 5.75 Å². The lowest BCUT2D eigenvalue weighted by atomic mass is 10.3. The fraction of sp³-hybridized carbons (Fsp3) is 0.167. The van der Waals surface area contributed by atoms with Crippen LogP contribution < -0.4 is 4.74 Å². The lowest BCUT2D eigenvalue weighted by Gasteiger charge is -2.04. The molecule has 8 heteroatoms. The van der Waals surface area contributed by atoms with E-state index in [0.717, 1.165) is 39.2 Å². The number of benzene rings is 2. The monoisotopic (exact) mass is 364 g/mol. The third kappa shape index (κ3) is 2.33. The first-order valence-electron chi connectivity index (χ1n) is 8.31. The summed E-state index contributed by atoms with van der Waals surface area (Å²) in [5.41, 5.74) is 2.19. The van der Waals surface area contributed by atoms with Gasteiger partial charge in [-0.3, -0.25) is 0 Å². The lowest BCUT2D eigenvalue weighted by molar-refractivity contribution is 0.344. The van der Waals surface area contributed by atoms with Gasteiger partial charge in [0, 0.05) is 12.8 Å². The Kier molecular flexibility index (Phi) is 3.56. The van der Waals surface area contributed by atoms with E-state index in [2.05, 4.69) is 26.9 Å². The van der Waals surface area contributed by atoms with Gasteiger partial charge in [0.15, 0.2) is 0 Å². The van der Waals surface area contributed by atoms with Crippen molar-refractivity contribution in [3.8, 4) is 5.75 Å². The fourth-order valence-corrected chi connectivity index (χ4v) is 3.78. The van der Waals surface area contributed by atoms with Gasteiger partial charge in [-0.25, -0.2) is 4.40 Å². The van der Waals surface area contributed by atoms with Crippen LogP contribution in [0.1, 0.15) is 0 Å². The molecule has 0 aliphatic heterocycles. The molecule has 7 nitrogen and oxygen atoms in total. The molecule has 0 amide bonds. The molecular weight excluding hydrogens is 348 g/mol. The van der Waals surface area contributed by atoms with Gasteiger partial charge in [0.2, 0.25) is 10.9 Å². The van der Waals surface area contributed by atoms with Gasteiger partial charge < -0.3 is 9.30 Å². The van der Waals surface area contributed by atoms with Crippen LogP contribution in [0.3, 0.4) is 0 Å². The molecule has 26 heavy (non-hydrogen) atoms. The highest BCUT2D eigenvalue weighted by molar-refractivity contribution is 7.99. The third-order valence-corrected chi connectivity index (χ3v) is 5.18. The molecule has 130 valence electrons. The molecule has 0 spiro atoms. The fourth-order valence-electron chi connectivity index (χ4n) is 3.08. The molecule has 0 saturated heterocycles. The highest BCUT2D eigenvalue weighted by Crippen LogP contribution is 2.23. The molecular formula is C18H16N6OS. The molecule has 0 unspecified atom stereocenters. The highest BCUT2D eigenvalue weighted by Gasteiger charge is 2.18. The van der Waals surface area contributed by atoms with Crippen LogP contribution >= 0.6 is 11.8 Å². The van der Waals surface area contributed by atoms with E-state index in [1.165, 1.54) is 0 Å². The predicted molar refractivity (Wildman–Crippen MR) is 101 cm³/mol. The maximum atomic E-state index is 5.73. The molecule has 0 aliphatic carbocycles. The van der Waals surface area contributed by atoms with Crippen molar-refractivity contribution >= 4 is 34.4 Å². The maximum absolute atomic E-state index is 5.73. The van der Waals surface area contributed by atoms with Crippen molar-refractivity contribution in [3.63, 3.8) is 0 Å². The summed E-state index contributed by atoms with van der Waals surface area (Å²) in [5.74, 6) is 3.21. The largest absolute Gasteiger partial charge is 0.493 e. The molecule has 0 saturated carbocycles. The summed E-state index contributed by atoms with van der Waals surface area (Å²) in [6.07, 6.45) is 0. The number of thioether (sulfide) groups is 1. The van der Waals surface area contributed by atoms with Crippen molar-refractivity contribution in [3.05, 3.63) is 54.6 Å². The topological polar surface area (TPSA) is 61.7 Å². The second kappa shape index (κ2) is 6.06. The molecule has 5 rings (SSSR count). The molecule has 0 N–H and O–H groups in total. The van der Waals surface area contributed by atoms with E-state index in [-0.39, 0.29) is 0 Å². The Balaban J connectivity index is 1.42. The molecule has 0 bridgehead atoms. The quantitative estimate of drug-likeness (QED) is 0.354. The van der Waals surface area contributed by atoms with Gasteiger partial charge in [-0.2, -0.15) is 4.52 Å². The molecule has 0 fully saturated rings. The van der Waals surface area contributed by atoms with Crippen molar-refractivity contribution in [2.24, 2.45) is 7.05 Å². The zero-order chi connectivity index (χ0) is 17.5. The van der Waals surface area contributed by atoms with Gasteiger partial charge in [-0.15, -0.1) is 15.3 Å². The number of ether oxygens (including phenoxy) is 1. The minimum Gasteiger partial charge on any atom is -0.493 e. The van der Waals surface area contributed by atoms with Crippen LogP contribution in [-0.2, 0) is 7.05 Å². The number of hydrogen-bond acceptors (Lipinski definition) is 5. The van der Waals surface area contributed by atoms with Crippen LogP contribution in [0.4, 0.5) is 0 Å². The summed E-state index contributed by atoms with van der Waals surface area (Å²) >= 11 is 1.58. The van der Waals surface area contributed by atoms with Crippen molar-refractivity contribution in [2.75, 3.05) is 12.4 Å². The summed E-state index contributed by atoms with van der Waals surface area (Å²) in [6.45, 7) is 0.597. The maximum Gasteiger partial charge on any atom is 0.260 e. The van der Waals surface area contributed by atoms with E-state index in [1.54, 1.807) is 16.3 Å². The Morgan fingerprint density at radius 2 is 1.69 bits per heavy atom. The zero-order valence-corrected chi connectivity index (χ0v) is 14.9. The number of aromatic nitrogens is 6. The second-order valence-electron chi connectivity index (χ2n) is 5.89. The second-order valence-corrected chi connectivity index (χ2v) is 6.95. The van der Waals surface area contributed by atoms with Crippen LogP contribution in [0.25, 0.3) is 22.6 Å². The van der Waals surface area contributed by atoms with Crippen LogP contribution in [0.2, 0.25) is 0 Å². The highest BCUT2D eigenvalue weighted by atomic mass is 32.2. The van der Waals surface area contributed by atoms with Crippen molar-refractivity contribution < 1.29 is 4.74 Å². The van der Waals surface area contributed by atoms with Gasteiger partial charge in [-0.1, -0.05) is 42.1 Å². The van der Waals surface area contributed by atoms with Gasteiger partial charge >= 0.3 is 0 Å². The van der Waals surface area contributed by atoms with E-state index in [0.29, 0.717) is 6.61 Å². The van der Waals surface area contributed by atoms with Gasteiger partial charge in [0.25, 0.3) is 5.78 Å². The van der Waals surface area contributed by atoms with E-state index in [4.69, 9.17) is 9.84 Å². The molecule has 5 aromatic rings. The van der Waals surface area contributed by atoms with Crippen molar-refractivity contribution in [1.29, 1.82) is 0 Å². The first-order chi connectivity index (χ1) is 12.8. The van der Waals surface area contributed by atoms with Crippen LogP contribution in [0, 0.1) is 0 Å². The first kappa shape index (κ1) is 15.3. The Morgan fingerprint density at radius 3 is 2.54 bits per heavy atom. The summed E-state index contributed by atoms with van der Waals surface area (Å²) in [4.78, 5) is 0. The summed E-state index contributed by atoms with van der Waals surface area (Å²) in [7, 11) is 2.01. The molecule has 0 aliphatic rings. The number of para-hydroxylation sites is 3. The number of aryl methyl sites for hydroxylation is 1. The Bertz CT molecular complexity index is 1210. The van der Waals surface area contributed by atoms with Crippen molar-refractivity contribution in [2.45, 2.75) is 5.16 Å². The smallest absolute Gasteiger partial charge is 0.260 e. The van der Waals surface area contributed by atoms with Crippen molar-refractivity contribution in [1.82, 2.24) is 28.8 Å². The van der Waals surface area contributed by atoms with Crippen LogP contribution in [0.5, 0.6) is 5.75 Å². The van der Waals surface area contributed by atoms with E-state index < -0.39 is 0 Å². The van der Waals surface area contributed by atoms with Crippen LogP contribution in [0.15, 0.2) is 59.8 Å².